The van der Waals surface area contributed by atoms with Crippen molar-refractivity contribution in [2.75, 3.05) is 18.0 Å². The van der Waals surface area contributed by atoms with Crippen molar-refractivity contribution < 1.29 is 14.7 Å². The molecule has 0 saturated heterocycles. The summed E-state index contributed by atoms with van der Waals surface area (Å²) in [6, 6.07) is 25.1. The lowest BCUT2D eigenvalue weighted by Crippen LogP contribution is -2.36. The topological polar surface area (TPSA) is 86.6 Å². The Labute approximate surface area is 226 Å². The summed E-state index contributed by atoms with van der Waals surface area (Å²) in [4.78, 5) is 38.3. The van der Waals surface area contributed by atoms with E-state index in [2.05, 4.69) is 22.0 Å². The molecule has 0 radical (unpaired) electrons. The van der Waals surface area contributed by atoms with Gasteiger partial charge in [-0.2, -0.15) is 0 Å². The SMILES string of the molecule is O=C(O)CN(Cc1ccccc1)C(=O)c1cnc(N2CCc3ccccc3C2)nc1Cc1cccc(Cl)c1. The molecule has 1 amide bonds. The molecule has 0 aliphatic carbocycles. The van der Waals surface area contributed by atoms with E-state index < -0.39 is 18.4 Å². The van der Waals surface area contributed by atoms with Crippen LogP contribution in [0.4, 0.5) is 5.95 Å². The standard InChI is InChI=1S/C30H27ClN4O3/c31-25-12-6-9-22(15-25)16-27-26(29(38)35(20-28(36)37)18-21-7-2-1-3-8-21)17-32-30(33-27)34-14-13-23-10-4-5-11-24(23)19-34/h1-12,15,17H,13-14,16,18-20H2,(H,36,37). The number of aromatic nitrogens is 2. The van der Waals surface area contributed by atoms with Gasteiger partial charge in [-0.25, -0.2) is 9.97 Å². The molecule has 0 bridgehead atoms. The number of carboxylic acid groups (broad SMARTS) is 1. The molecule has 0 saturated carbocycles. The van der Waals surface area contributed by atoms with Crippen molar-refractivity contribution in [3.8, 4) is 0 Å². The van der Waals surface area contributed by atoms with Gasteiger partial charge in [0.25, 0.3) is 5.91 Å². The summed E-state index contributed by atoms with van der Waals surface area (Å²) in [6.07, 6.45) is 2.77. The number of benzene rings is 3. The predicted molar refractivity (Wildman–Crippen MR) is 146 cm³/mol. The van der Waals surface area contributed by atoms with E-state index in [9.17, 15) is 14.7 Å². The zero-order valence-electron chi connectivity index (χ0n) is 20.8. The van der Waals surface area contributed by atoms with Gasteiger partial charge in [0.05, 0.1) is 11.3 Å². The highest BCUT2D eigenvalue weighted by Crippen LogP contribution is 2.25. The second-order valence-corrected chi connectivity index (χ2v) is 9.75. The summed E-state index contributed by atoms with van der Waals surface area (Å²) in [6.45, 7) is 1.17. The van der Waals surface area contributed by atoms with Crippen LogP contribution in [0.15, 0.2) is 85.1 Å². The van der Waals surface area contributed by atoms with Crippen molar-refractivity contribution in [2.24, 2.45) is 0 Å². The fourth-order valence-electron chi connectivity index (χ4n) is 4.72. The molecule has 1 aromatic heterocycles. The molecule has 1 aliphatic rings. The average Bonchev–Trinajstić information content (AvgIpc) is 2.92. The molecule has 5 rings (SSSR count). The smallest absolute Gasteiger partial charge is 0.323 e. The Hall–Kier alpha value is -4.23. The second kappa shape index (κ2) is 11.4. The fourth-order valence-corrected chi connectivity index (χ4v) is 4.93. The summed E-state index contributed by atoms with van der Waals surface area (Å²) >= 11 is 6.23. The number of hydrogen-bond acceptors (Lipinski definition) is 5. The molecule has 0 unspecified atom stereocenters. The van der Waals surface area contributed by atoms with Gasteiger partial charge in [-0.05, 0) is 40.8 Å². The van der Waals surface area contributed by atoms with Crippen molar-refractivity contribution in [1.82, 2.24) is 14.9 Å². The number of carbonyl (C=O) groups is 2. The van der Waals surface area contributed by atoms with E-state index in [1.807, 2.05) is 60.7 Å². The Morgan fingerprint density at radius 3 is 2.45 bits per heavy atom. The van der Waals surface area contributed by atoms with Crippen LogP contribution in [-0.4, -0.2) is 44.9 Å². The van der Waals surface area contributed by atoms with Crippen LogP contribution in [-0.2, 0) is 30.7 Å². The van der Waals surface area contributed by atoms with Crippen LogP contribution in [0.5, 0.6) is 0 Å². The molecule has 1 aliphatic heterocycles. The van der Waals surface area contributed by atoms with Crippen LogP contribution in [0, 0.1) is 0 Å². The maximum Gasteiger partial charge on any atom is 0.323 e. The molecule has 0 fully saturated rings. The second-order valence-electron chi connectivity index (χ2n) is 9.32. The van der Waals surface area contributed by atoms with Gasteiger partial charge in [-0.1, -0.05) is 78.3 Å². The van der Waals surface area contributed by atoms with Gasteiger partial charge >= 0.3 is 5.97 Å². The maximum atomic E-state index is 13.8. The molecule has 2 heterocycles. The predicted octanol–water partition coefficient (Wildman–Crippen LogP) is 5.01. The van der Waals surface area contributed by atoms with Gasteiger partial charge in [-0.15, -0.1) is 0 Å². The van der Waals surface area contributed by atoms with Crippen LogP contribution < -0.4 is 4.90 Å². The van der Waals surface area contributed by atoms with Crippen LogP contribution in [0.2, 0.25) is 5.02 Å². The van der Waals surface area contributed by atoms with Crippen molar-refractivity contribution in [3.63, 3.8) is 0 Å². The normalized spacial score (nSPS) is 12.6. The Morgan fingerprint density at radius 2 is 1.68 bits per heavy atom. The van der Waals surface area contributed by atoms with E-state index in [4.69, 9.17) is 16.6 Å². The van der Waals surface area contributed by atoms with Gasteiger partial charge in [0.1, 0.15) is 6.54 Å². The lowest BCUT2D eigenvalue weighted by molar-refractivity contribution is -0.137. The quantitative estimate of drug-likeness (QED) is 0.347. The van der Waals surface area contributed by atoms with Gasteiger partial charge in [0.15, 0.2) is 0 Å². The monoisotopic (exact) mass is 526 g/mol. The summed E-state index contributed by atoms with van der Waals surface area (Å²) in [5, 5.41) is 10.1. The number of carboxylic acids is 1. The third-order valence-corrected chi connectivity index (χ3v) is 6.82. The maximum absolute atomic E-state index is 13.8. The first kappa shape index (κ1) is 25.4. The van der Waals surface area contributed by atoms with Gasteiger partial charge < -0.3 is 14.9 Å². The number of hydrogen-bond donors (Lipinski definition) is 1. The molecule has 1 N–H and O–H groups in total. The lowest BCUT2D eigenvalue weighted by Gasteiger charge is -2.29. The molecule has 0 atom stereocenters. The zero-order valence-corrected chi connectivity index (χ0v) is 21.5. The highest BCUT2D eigenvalue weighted by Gasteiger charge is 2.25. The molecular formula is C30H27ClN4O3. The first-order valence-electron chi connectivity index (χ1n) is 12.4. The number of anilines is 1. The summed E-state index contributed by atoms with van der Waals surface area (Å²) in [5.74, 6) is -0.972. The molecule has 8 heteroatoms. The molecule has 4 aromatic rings. The van der Waals surface area contributed by atoms with E-state index in [1.165, 1.54) is 22.2 Å². The average molecular weight is 527 g/mol. The van der Waals surface area contributed by atoms with E-state index >= 15 is 0 Å². The largest absolute Gasteiger partial charge is 0.480 e. The highest BCUT2D eigenvalue weighted by atomic mass is 35.5. The van der Waals surface area contributed by atoms with Crippen molar-refractivity contribution in [1.29, 1.82) is 0 Å². The summed E-state index contributed by atoms with van der Waals surface area (Å²) in [5.41, 5.74) is 5.10. The third kappa shape index (κ3) is 6.01. The van der Waals surface area contributed by atoms with Crippen LogP contribution in [0.1, 0.15) is 38.3 Å². The van der Waals surface area contributed by atoms with E-state index in [1.54, 1.807) is 6.07 Å². The van der Waals surface area contributed by atoms with Crippen molar-refractivity contribution in [3.05, 3.63) is 124 Å². The highest BCUT2D eigenvalue weighted by molar-refractivity contribution is 6.30. The Bertz CT molecular complexity index is 1460. The number of nitrogens with zero attached hydrogens (tertiary/aromatic N) is 4. The molecule has 192 valence electrons. The number of halogens is 1. The molecule has 3 aromatic carbocycles. The Balaban J connectivity index is 1.50. The minimum Gasteiger partial charge on any atom is -0.480 e. The third-order valence-electron chi connectivity index (χ3n) is 6.59. The molecular weight excluding hydrogens is 500 g/mol. The summed E-state index contributed by atoms with van der Waals surface area (Å²) < 4.78 is 0. The zero-order chi connectivity index (χ0) is 26.5. The lowest BCUT2D eigenvalue weighted by atomic mass is 10.0. The number of carbonyl (C=O) groups excluding carboxylic acids is 1. The van der Waals surface area contributed by atoms with Crippen LogP contribution in [0.25, 0.3) is 0 Å². The van der Waals surface area contributed by atoms with Gasteiger partial charge in [-0.3, -0.25) is 9.59 Å². The Morgan fingerprint density at radius 1 is 0.947 bits per heavy atom. The first-order valence-corrected chi connectivity index (χ1v) is 12.8. The van der Waals surface area contributed by atoms with Crippen LogP contribution >= 0.6 is 11.6 Å². The number of aliphatic carboxylic acids is 1. The molecule has 38 heavy (non-hydrogen) atoms. The number of amides is 1. The molecule has 7 nitrogen and oxygen atoms in total. The van der Waals surface area contributed by atoms with E-state index in [0.29, 0.717) is 29.6 Å². The number of rotatable bonds is 8. The van der Waals surface area contributed by atoms with E-state index in [0.717, 1.165) is 24.1 Å². The van der Waals surface area contributed by atoms with Crippen molar-refractivity contribution >= 4 is 29.4 Å². The summed E-state index contributed by atoms with van der Waals surface area (Å²) in [7, 11) is 0. The Kier molecular flexibility index (Phi) is 7.65. The minimum atomic E-state index is -1.09. The van der Waals surface area contributed by atoms with Gasteiger partial charge in [0.2, 0.25) is 5.95 Å². The van der Waals surface area contributed by atoms with Gasteiger partial charge in [0, 0.05) is 37.3 Å². The van der Waals surface area contributed by atoms with E-state index in [-0.39, 0.29) is 12.1 Å². The van der Waals surface area contributed by atoms with Crippen molar-refractivity contribution in [2.45, 2.75) is 25.9 Å². The first-order chi connectivity index (χ1) is 18.5. The minimum absolute atomic E-state index is 0.160. The number of fused-ring (bicyclic) bond motifs is 1. The fraction of sp³-hybridized carbons (Fsp3) is 0.200. The van der Waals surface area contributed by atoms with Crippen LogP contribution in [0.3, 0.4) is 0 Å². The molecule has 0 spiro atoms.